The second kappa shape index (κ2) is 7.48. The minimum atomic E-state index is -0.427. The van der Waals surface area contributed by atoms with E-state index in [9.17, 15) is 14.4 Å². The van der Waals surface area contributed by atoms with Crippen LogP contribution in [-0.4, -0.2) is 56.6 Å². The van der Waals surface area contributed by atoms with E-state index in [-0.39, 0.29) is 37.9 Å². The Morgan fingerprint density at radius 1 is 1.26 bits per heavy atom. The van der Waals surface area contributed by atoms with Crippen LogP contribution >= 0.6 is 0 Å². The van der Waals surface area contributed by atoms with E-state index in [0.717, 1.165) is 10.5 Å². The molecule has 0 aliphatic carbocycles. The van der Waals surface area contributed by atoms with E-state index in [1.165, 1.54) is 7.11 Å². The molecule has 1 fully saturated rings. The highest BCUT2D eigenvalue weighted by molar-refractivity contribution is 6.01. The SMILES string of the molecule is COc1ccc(CC(=O)NCCN2C(=O)CNC2=O)cc1OC. The molecule has 1 heterocycles. The van der Waals surface area contributed by atoms with Crippen LogP contribution in [0.3, 0.4) is 0 Å². The number of urea groups is 1. The van der Waals surface area contributed by atoms with Crippen molar-refractivity contribution in [1.29, 1.82) is 0 Å². The molecule has 1 aromatic carbocycles. The zero-order chi connectivity index (χ0) is 16.8. The molecule has 1 aliphatic rings. The van der Waals surface area contributed by atoms with Crippen molar-refractivity contribution in [3.8, 4) is 11.5 Å². The summed E-state index contributed by atoms with van der Waals surface area (Å²) in [6.07, 6.45) is 0.167. The number of nitrogens with one attached hydrogen (secondary N) is 2. The Morgan fingerprint density at radius 2 is 2.00 bits per heavy atom. The zero-order valence-electron chi connectivity index (χ0n) is 13.0. The van der Waals surface area contributed by atoms with Crippen molar-refractivity contribution in [1.82, 2.24) is 15.5 Å². The average molecular weight is 321 g/mol. The number of carbonyl (C=O) groups excluding carboxylic acids is 3. The number of rotatable bonds is 7. The molecule has 0 spiro atoms. The van der Waals surface area contributed by atoms with Crippen LogP contribution in [0.2, 0.25) is 0 Å². The highest BCUT2D eigenvalue weighted by Gasteiger charge is 2.27. The minimum Gasteiger partial charge on any atom is -0.493 e. The van der Waals surface area contributed by atoms with Crippen LogP contribution in [0.15, 0.2) is 18.2 Å². The summed E-state index contributed by atoms with van der Waals surface area (Å²) >= 11 is 0. The van der Waals surface area contributed by atoms with Gasteiger partial charge in [-0.3, -0.25) is 14.5 Å². The summed E-state index contributed by atoms with van der Waals surface area (Å²) in [5.74, 6) is 0.653. The van der Waals surface area contributed by atoms with Gasteiger partial charge in [0.2, 0.25) is 11.8 Å². The minimum absolute atomic E-state index is 0.0123. The summed E-state index contributed by atoms with van der Waals surface area (Å²) in [6, 6.07) is 4.81. The van der Waals surface area contributed by atoms with Crippen LogP contribution in [0, 0.1) is 0 Å². The number of carbonyl (C=O) groups is 3. The first-order chi connectivity index (χ1) is 11.0. The molecule has 4 amide bonds. The van der Waals surface area contributed by atoms with Crippen LogP contribution in [0.5, 0.6) is 11.5 Å². The van der Waals surface area contributed by atoms with E-state index in [1.807, 2.05) is 0 Å². The van der Waals surface area contributed by atoms with Gasteiger partial charge >= 0.3 is 6.03 Å². The van der Waals surface area contributed by atoms with Crippen molar-refractivity contribution in [3.05, 3.63) is 23.8 Å². The lowest BCUT2D eigenvalue weighted by Gasteiger charge is -2.13. The average Bonchev–Trinajstić information content (AvgIpc) is 2.86. The van der Waals surface area contributed by atoms with Gasteiger partial charge in [-0.1, -0.05) is 6.07 Å². The molecule has 1 aliphatic heterocycles. The highest BCUT2D eigenvalue weighted by Crippen LogP contribution is 2.27. The van der Waals surface area contributed by atoms with Crippen LogP contribution in [0.4, 0.5) is 4.79 Å². The molecule has 2 rings (SSSR count). The molecule has 1 saturated heterocycles. The molecule has 0 radical (unpaired) electrons. The molecular weight excluding hydrogens is 302 g/mol. The maximum absolute atomic E-state index is 11.9. The third-order valence-corrected chi connectivity index (χ3v) is 3.41. The molecule has 124 valence electrons. The lowest BCUT2D eigenvalue weighted by molar-refractivity contribution is -0.125. The Balaban J connectivity index is 1.83. The van der Waals surface area contributed by atoms with Crippen LogP contribution in [0.25, 0.3) is 0 Å². The topological polar surface area (TPSA) is 97.0 Å². The van der Waals surface area contributed by atoms with Crippen LogP contribution < -0.4 is 20.1 Å². The van der Waals surface area contributed by atoms with Crippen molar-refractivity contribution < 1.29 is 23.9 Å². The molecule has 2 N–H and O–H groups in total. The van der Waals surface area contributed by atoms with Crippen LogP contribution in [-0.2, 0) is 16.0 Å². The fourth-order valence-corrected chi connectivity index (χ4v) is 2.23. The Morgan fingerprint density at radius 3 is 2.61 bits per heavy atom. The number of amides is 4. The zero-order valence-corrected chi connectivity index (χ0v) is 13.0. The molecule has 0 aromatic heterocycles. The Hall–Kier alpha value is -2.77. The molecule has 23 heavy (non-hydrogen) atoms. The molecule has 8 heteroatoms. The lowest BCUT2D eigenvalue weighted by Crippen LogP contribution is -2.39. The Kier molecular flexibility index (Phi) is 5.40. The number of hydrogen-bond donors (Lipinski definition) is 2. The predicted octanol–water partition coefficient (Wildman–Crippen LogP) is -0.0857. The van der Waals surface area contributed by atoms with E-state index in [2.05, 4.69) is 10.6 Å². The Bertz CT molecular complexity index is 601. The van der Waals surface area contributed by atoms with Gasteiger partial charge in [0.25, 0.3) is 0 Å². The van der Waals surface area contributed by atoms with Crippen LogP contribution in [0.1, 0.15) is 5.56 Å². The van der Waals surface area contributed by atoms with Gasteiger partial charge in [-0.15, -0.1) is 0 Å². The second-order valence-corrected chi connectivity index (χ2v) is 4.92. The molecule has 0 bridgehead atoms. The van der Waals surface area contributed by atoms with E-state index in [1.54, 1.807) is 25.3 Å². The predicted molar refractivity (Wildman–Crippen MR) is 81.4 cm³/mol. The number of nitrogens with zero attached hydrogens (tertiary/aromatic N) is 1. The third kappa shape index (κ3) is 4.12. The first-order valence-corrected chi connectivity index (χ1v) is 7.11. The van der Waals surface area contributed by atoms with E-state index in [4.69, 9.17) is 9.47 Å². The summed E-state index contributed by atoms with van der Waals surface area (Å²) in [4.78, 5) is 35.7. The van der Waals surface area contributed by atoms with Gasteiger partial charge < -0.3 is 20.1 Å². The fourth-order valence-electron chi connectivity index (χ4n) is 2.23. The summed E-state index contributed by atoms with van der Waals surface area (Å²) in [6.45, 7) is 0.381. The van der Waals surface area contributed by atoms with Gasteiger partial charge in [-0.05, 0) is 17.7 Å². The third-order valence-electron chi connectivity index (χ3n) is 3.41. The molecule has 0 saturated carbocycles. The van der Waals surface area contributed by atoms with Gasteiger partial charge in [-0.2, -0.15) is 0 Å². The van der Waals surface area contributed by atoms with Crippen molar-refractivity contribution in [2.75, 3.05) is 33.9 Å². The van der Waals surface area contributed by atoms with E-state index < -0.39 is 6.03 Å². The molecule has 0 atom stereocenters. The van der Waals surface area contributed by atoms with Gasteiger partial charge in [0.05, 0.1) is 27.2 Å². The number of ether oxygens (including phenoxy) is 2. The summed E-state index contributed by atoms with van der Waals surface area (Å²) < 4.78 is 10.3. The van der Waals surface area contributed by atoms with Crippen molar-refractivity contribution in [2.24, 2.45) is 0 Å². The van der Waals surface area contributed by atoms with E-state index in [0.29, 0.717) is 11.5 Å². The number of methoxy groups -OCH3 is 2. The van der Waals surface area contributed by atoms with Gasteiger partial charge in [0, 0.05) is 13.1 Å². The Labute approximate surface area is 133 Å². The van der Waals surface area contributed by atoms with Crippen molar-refractivity contribution in [2.45, 2.75) is 6.42 Å². The monoisotopic (exact) mass is 321 g/mol. The van der Waals surface area contributed by atoms with Crippen molar-refractivity contribution >= 4 is 17.8 Å². The maximum atomic E-state index is 11.9. The summed E-state index contributed by atoms with van der Waals surface area (Å²) in [7, 11) is 3.07. The fraction of sp³-hybridized carbons (Fsp3) is 0.400. The smallest absolute Gasteiger partial charge is 0.324 e. The normalized spacial score (nSPS) is 13.7. The molecule has 0 unspecified atom stereocenters. The second-order valence-electron chi connectivity index (χ2n) is 4.92. The lowest BCUT2D eigenvalue weighted by atomic mass is 10.1. The summed E-state index contributed by atoms with van der Waals surface area (Å²) in [5, 5.41) is 5.10. The van der Waals surface area contributed by atoms with Gasteiger partial charge in [-0.25, -0.2) is 4.79 Å². The van der Waals surface area contributed by atoms with E-state index >= 15 is 0 Å². The largest absolute Gasteiger partial charge is 0.493 e. The number of benzene rings is 1. The number of hydrogen-bond acceptors (Lipinski definition) is 5. The molecule has 8 nitrogen and oxygen atoms in total. The maximum Gasteiger partial charge on any atom is 0.324 e. The molecule has 1 aromatic rings. The molecular formula is C15H19N3O5. The van der Waals surface area contributed by atoms with Gasteiger partial charge in [0.1, 0.15) is 0 Å². The first kappa shape index (κ1) is 16.6. The summed E-state index contributed by atoms with van der Waals surface area (Å²) in [5.41, 5.74) is 0.773. The quantitative estimate of drug-likeness (QED) is 0.684. The van der Waals surface area contributed by atoms with Crippen molar-refractivity contribution in [3.63, 3.8) is 0 Å². The first-order valence-electron chi connectivity index (χ1n) is 7.11. The number of imide groups is 1. The van der Waals surface area contributed by atoms with Gasteiger partial charge in [0.15, 0.2) is 11.5 Å². The highest BCUT2D eigenvalue weighted by atomic mass is 16.5. The standard InChI is InChI=1S/C15H19N3O5/c1-22-11-4-3-10(7-12(11)23-2)8-13(19)16-5-6-18-14(20)9-17-15(18)21/h3-4,7H,5-6,8-9H2,1-2H3,(H,16,19)(H,17,21).